The number of hydrogen-bond donors (Lipinski definition) is 2. The lowest BCUT2D eigenvalue weighted by Crippen LogP contribution is -2.55. The van der Waals surface area contributed by atoms with E-state index in [-0.39, 0.29) is 18.2 Å². The molecular weight excluding hydrogens is 254 g/mol. The van der Waals surface area contributed by atoms with Crippen LogP contribution in [0.4, 0.5) is 4.79 Å². The van der Waals surface area contributed by atoms with E-state index in [1.165, 1.54) is 12.8 Å². The minimum Gasteiger partial charge on any atom is -0.444 e. The molecule has 5 nitrogen and oxygen atoms in total. The van der Waals surface area contributed by atoms with Crippen LogP contribution in [0.25, 0.3) is 0 Å². The molecule has 0 saturated carbocycles. The largest absolute Gasteiger partial charge is 0.444 e. The first-order chi connectivity index (χ1) is 9.28. The fourth-order valence-corrected chi connectivity index (χ4v) is 2.95. The van der Waals surface area contributed by atoms with E-state index in [9.17, 15) is 4.79 Å². The van der Waals surface area contributed by atoms with Crippen LogP contribution >= 0.6 is 0 Å². The zero-order chi connectivity index (χ0) is 15.3. The number of nitrogens with two attached hydrogens (primary N) is 1. The van der Waals surface area contributed by atoms with Crippen molar-refractivity contribution in [3.8, 4) is 0 Å². The number of alkyl carbamates (subject to hydrolysis) is 1. The third-order valence-electron chi connectivity index (χ3n) is 3.88. The molecule has 1 fully saturated rings. The van der Waals surface area contributed by atoms with E-state index in [1.54, 1.807) is 0 Å². The molecule has 1 aliphatic rings. The summed E-state index contributed by atoms with van der Waals surface area (Å²) < 4.78 is 5.31. The third kappa shape index (κ3) is 4.94. The van der Waals surface area contributed by atoms with E-state index < -0.39 is 5.60 Å². The van der Waals surface area contributed by atoms with Gasteiger partial charge in [-0.15, -0.1) is 0 Å². The van der Waals surface area contributed by atoms with E-state index >= 15 is 0 Å². The minimum absolute atomic E-state index is 0.0120. The smallest absolute Gasteiger partial charge is 0.407 e. The number of nitrogens with zero attached hydrogens (tertiary/aromatic N) is 1. The van der Waals surface area contributed by atoms with Crippen LogP contribution in [0.15, 0.2) is 0 Å². The SMILES string of the molecule is CCC1CCCN1C(CN)C(C)NC(=O)OC(C)(C)C. The fraction of sp³-hybridized carbons (Fsp3) is 0.933. The van der Waals surface area contributed by atoms with Crippen molar-refractivity contribution in [1.82, 2.24) is 10.2 Å². The summed E-state index contributed by atoms with van der Waals surface area (Å²) in [4.78, 5) is 14.3. The van der Waals surface area contributed by atoms with Crippen LogP contribution in [-0.2, 0) is 4.74 Å². The van der Waals surface area contributed by atoms with Gasteiger partial charge in [-0.25, -0.2) is 4.79 Å². The summed E-state index contributed by atoms with van der Waals surface area (Å²) in [5.41, 5.74) is 5.47. The van der Waals surface area contributed by atoms with Gasteiger partial charge in [0.05, 0.1) is 0 Å². The highest BCUT2D eigenvalue weighted by Crippen LogP contribution is 2.23. The molecule has 1 saturated heterocycles. The summed E-state index contributed by atoms with van der Waals surface area (Å²) in [7, 11) is 0. The molecule has 3 unspecified atom stereocenters. The molecule has 118 valence electrons. The van der Waals surface area contributed by atoms with Gasteiger partial charge in [-0.1, -0.05) is 6.92 Å². The van der Waals surface area contributed by atoms with Gasteiger partial charge < -0.3 is 15.8 Å². The van der Waals surface area contributed by atoms with Gasteiger partial charge in [-0.2, -0.15) is 0 Å². The zero-order valence-corrected chi connectivity index (χ0v) is 13.6. The molecule has 3 atom stereocenters. The van der Waals surface area contributed by atoms with Gasteiger partial charge in [0.2, 0.25) is 0 Å². The number of ether oxygens (including phenoxy) is 1. The highest BCUT2D eigenvalue weighted by atomic mass is 16.6. The van der Waals surface area contributed by atoms with Crippen LogP contribution in [0, 0.1) is 0 Å². The zero-order valence-electron chi connectivity index (χ0n) is 13.6. The lowest BCUT2D eigenvalue weighted by atomic mass is 10.1. The first-order valence-electron chi connectivity index (χ1n) is 7.73. The Hall–Kier alpha value is -0.810. The van der Waals surface area contributed by atoms with Crippen molar-refractivity contribution in [3.63, 3.8) is 0 Å². The number of amides is 1. The van der Waals surface area contributed by atoms with Crippen LogP contribution in [-0.4, -0.2) is 47.8 Å². The molecule has 1 aliphatic heterocycles. The van der Waals surface area contributed by atoms with Crippen molar-refractivity contribution in [2.45, 2.75) is 77.6 Å². The van der Waals surface area contributed by atoms with Gasteiger partial charge in [0.15, 0.2) is 0 Å². The highest BCUT2D eigenvalue weighted by Gasteiger charge is 2.33. The molecule has 0 aromatic rings. The Balaban J connectivity index is 2.58. The van der Waals surface area contributed by atoms with Crippen LogP contribution in [0.2, 0.25) is 0 Å². The van der Waals surface area contributed by atoms with E-state index in [4.69, 9.17) is 10.5 Å². The number of likely N-dealkylation sites (tertiary alicyclic amines) is 1. The Morgan fingerprint density at radius 2 is 2.15 bits per heavy atom. The first kappa shape index (κ1) is 17.2. The standard InChI is InChI=1S/C15H31N3O2/c1-6-12-8-7-9-18(12)13(10-16)11(2)17-14(19)20-15(3,4)5/h11-13H,6-10,16H2,1-5H3,(H,17,19). The van der Waals surface area contributed by atoms with Crippen LogP contribution < -0.4 is 11.1 Å². The monoisotopic (exact) mass is 285 g/mol. The van der Waals surface area contributed by atoms with E-state index in [1.807, 2.05) is 27.7 Å². The average molecular weight is 285 g/mol. The second-order valence-electron chi connectivity index (χ2n) is 6.68. The van der Waals surface area contributed by atoms with Gasteiger partial charge in [-0.3, -0.25) is 4.90 Å². The topological polar surface area (TPSA) is 67.6 Å². The summed E-state index contributed by atoms with van der Waals surface area (Å²) >= 11 is 0. The number of rotatable bonds is 5. The van der Waals surface area contributed by atoms with Gasteiger partial charge in [0, 0.05) is 24.7 Å². The Bertz CT molecular complexity index is 315. The van der Waals surface area contributed by atoms with Gasteiger partial charge in [0.1, 0.15) is 5.60 Å². The molecule has 1 amide bonds. The van der Waals surface area contributed by atoms with Crippen LogP contribution in [0.5, 0.6) is 0 Å². The van der Waals surface area contributed by atoms with Crippen molar-refractivity contribution in [2.75, 3.05) is 13.1 Å². The van der Waals surface area contributed by atoms with Crippen molar-refractivity contribution in [3.05, 3.63) is 0 Å². The quantitative estimate of drug-likeness (QED) is 0.812. The van der Waals surface area contributed by atoms with Gasteiger partial charge >= 0.3 is 6.09 Å². The number of carbonyl (C=O) groups is 1. The molecule has 0 spiro atoms. The van der Waals surface area contributed by atoms with Crippen molar-refractivity contribution < 1.29 is 9.53 Å². The van der Waals surface area contributed by atoms with Crippen molar-refractivity contribution in [1.29, 1.82) is 0 Å². The molecular formula is C15H31N3O2. The van der Waals surface area contributed by atoms with E-state index in [0.717, 1.165) is 13.0 Å². The predicted octanol–water partition coefficient (Wildman–Crippen LogP) is 2.10. The van der Waals surface area contributed by atoms with Crippen molar-refractivity contribution >= 4 is 6.09 Å². The number of nitrogens with one attached hydrogen (secondary N) is 1. The third-order valence-corrected chi connectivity index (χ3v) is 3.88. The lowest BCUT2D eigenvalue weighted by Gasteiger charge is -2.36. The Morgan fingerprint density at radius 3 is 2.65 bits per heavy atom. The number of hydrogen-bond acceptors (Lipinski definition) is 4. The maximum absolute atomic E-state index is 11.9. The molecule has 0 aromatic heterocycles. The molecule has 0 bridgehead atoms. The van der Waals surface area contributed by atoms with Gasteiger partial charge in [-0.05, 0) is 53.5 Å². The highest BCUT2D eigenvalue weighted by molar-refractivity contribution is 5.68. The average Bonchev–Trinajstić information content (AvgIpc) is 2.75. The summed E-state index contributed by atoms with van der Waals surface area (Å²) in [6, 6.07) is 0.753. The van der Waals surface area contributed by atoms with Gasteiger partial charge in [0.25, 0.3) is 0 Å². The molecule has 0 radical (unpaired) electrons. The van der Waals surface area contributed by atoms with Crippen LogP contribution in [0.3, 0.4) is 0 Å². The predicted molar refractivity (Wildman–Crippen MR) is 81.7 cm³/mol. The molecule has 1 rings (SSSR count). The normalized spacial score (nSPS) is 23.4. The molecule has 3 N–H and O–H groups in total. The second-order valence-corrected chi connectivity index (χ2v) is 6.68. The molecule has 0 aliphatic carbocycles. The summed E-state index contributed by atoms with van der Waals surface area (Å²) in [5, 5.41) is 2.93. The fourth-order valence-electron chi connectivity index (χ4n) is 2.95. The van der Waals surface area contributed by atoms with E-state index in [2.05, 4.69) is 17.1 Å². The summed E-state index contributed by atoms with van der Waals surface area (Å²) in [6.07, 6.45) is 3.21. The maximum atomic E-state index is 11.9. The molecule has 20 heavy (non-hydrogen) atoms. The Kier molecular flexibility index (Phi) is 6.27. The summed E-state index contributed by atoms with van der Waals surface area (Å²) in [6.45, 7) is 11.4. The minimum atomic E-state index is -0.471. The number of carbonyl (C=O) groups excluding carboxylic acids is 1. The lowest BCUT2D eigenvalue weighted by molar-refractivity contribution is 0.0463. The molecule has 0 aromatic carbocycles. The van der Waals surface area contributed by atoms with E-state index in [0.29, 0.717) is 12.6 Å². The van der Waals surface area contributed by atoms with Crippen LogP contribution in [0.1, 0.15) is 53.9 Å². The Labute approximate surface area is 123 Å². The molecule has 1 heterocycles. The van der Waals surface area contributed by atoms with Crippen molar-refractivity contribution in [2.24, 2.45) is 5.73 Å². The second kappa shape index (κ2) is 7.27. The first-order valence-corrected chi connectivity index (χ1v) is 7.73. The summed E-state index contributed by atoms with van der Waals surface area (Å²) in [5.74, 6) is 0. The Morgan fingerprint density at radius 1 is 1.50 bits per heavy atom. The molecule has 5 heteroatoms. The maximum Gasteiger partial charge on any atom is 0.407 e.